The van der Waals surface area contributed by atoms with Crippen molar-refractivity contribution in [2.24, 2.45) is 0 Å². The highest BCUT2D eigenvalue weighted by Crippen LogP contribution is 2.20. The molecular weight excluding hydrogens is 316 g/mol. The fourth-order valence-corrected chi connectivity index (χ4v) is 2.89. The minimum absolute atomic E-state index is 0.0167. The summed E-state index contributed by atoms with van der Waals surface area (Å²) in [5.74, 6) is 0.289. The van der Waals surface area contributed by atoms with Crippen molar-refractivity contribution in [2.75, 3.05) is 12.4 Å². The van der Waals surface area contributed by atoms with Crippen LogP contribution >= 0.6 is 11.3 Å². The van der Waals surface area contributed by atoms with Crippen molar-refractivity contribution in [2.45, 2.75) is 26.4 Å². The number of aromatic nitrogens is 5. The van der Waals surface area contributed by atoms with Gasteiger partial charge in [-0.15, -0.1) is 11.3 Å². The summed E-state index contributed by atoms with van der Waals surface area (Å²) in [7, 11) is 1.34. The summed E-state index contributed by atoms with van der Waals surface area (Å²) in [6.45, 7) is 2.70. The van der Waals surface area contributed by atoms with Crippen molar-refractivity contribution in [1.29, 1.82) is 0 Å². The van der Waals surface area contributed by atoms with E-state index in [1.54, 1.807) is 17.5 Å². The fourth-order valence-electron chi connectivity index (χ4n) is 2.09. The third-order valence-electron chi connectivity index (χ3n) is 3.30. The molecule has 0 amide bonds. The van der Waals surface area contributed by atoms with Gasteiger partial charge in [-0.3, -0.25) is 4.79 Å². The van der Waals surface area contributed by atoms with Gasteiger partial charge in [0.1, 0.15) is 23.7 Å². The maximum Gasteiger partial charge on any atom is 0.327 e. The number of hydrogen-bond acceptors (Lipinski definition) is 8. The van der Waals surface area contributed by atoms with Gasteiger partial charge in [-0.05, 0) is 6.42 Å². The lowest BCUT2D eigenvalue weighted by Crippen LogP contribution is -2.13. The number of hydrogen-bond donors (Lipinski definition) is 1. The maximum absolute atomic E-state index is 11.4. The zero-order chi connectivity index (χ0) is 16.2. The predicted octanol–water partition coefficient (Wildman–Crippen LogP) is 1.63. The Morgan fingerprint density at radius 3 is 2.96 bits per heavy atom. The van der Waals surface area contributed by atoms with Crippen LogP contribution in [-0.4, -0.2) is 37.8 Å². The Kier molecular flexibility index (Phi) is 4.47. The molecule has 0 saturated heterocycles. The molecule has 0 unspecified atom stereocenters. The second kappa shape index (κ2) is 6.69. The number of thiazole rings is 1. The number of nitrogens with zero attached hydrogens (tertiary/aromatic N) is 5. The lowest BCUT2D eigenvalue weighted by Gasteiger charge is -2.05. The van der Waals surface area contributed by atoms with Gasteiger partial charge >= 0.3 is 5.97 Å². The van der Waals surface area contributed by atoms with Gasteiger partial charge in [0.2, 0.25) is 0 Å². The molecule has 0 saturated carbocycles. The van der Waals surface area contributed by atoms with E-state index in [2.05, 4.69) is 37.0 Å². The lowest BCUT2D eigenvalue weighted by molar-refractivity contribution is -0.141. The first kappa shape index (κ1) is 15.3. The smallest absolute Gasteiger partial charge is 0.327 e. The average molecular weight is 332 g/mol. The highest BCUT2D eigenvalue weighted by Gasteiger charge is 2.12. The van der Waals surface area contributed by atoms with Crippen LogP contribution < -0.4 is 5.32 Å². The predicted molar refractivity (Wildman–Crippen MR) is 86.2 cm³/mol. The molecule has 0 aromatic carbocycles. The van der Waals surface area contributed by atoms with Crippen LogP contribution in [0.3, 0.4) is 0 Å². The zero-order valence-corrected chi connectivity index (χ0v) is 13.6. The molecule has 0 aliphatic rings. The summed E-state index contributed by atoms with van der Waals surface area (Å²) in [5, 5.41) is 9.18. The third kappa shape index (κ3) is 3.29. The van der Waals surface area contributed by atoms with Gasteiger partial charge in [0.25, 0.3) is 0 Å². The van der Waals surface area contributed by atoms with E-state index in [-0.39, 0.29) is 12.5 Å². The van der Waals surface area contributed by atoms with Crippen molar-refractivity contribution < 1.29 is 9.53 Å². The van der Waals surface area contributed by atoms with Gasteiger partial charge < -0.3 is 10.1 Å². The summed E-state index contributed by atoms with van der Waals surface area (Å²) in [6.07, 6.45) is 5.96. The first-order chi connectivity index (χ1) is 11.2. The van der Waals surface area contributed by atoms with Crippen molar-refractivity contribution in [1.82, 2.24) is 24.7 Å². The van der Waals surface area contributed by atoms with Crippen LogP contribution in [0.25, 0.3) is 11.0 Å². The van der Waals surface area contributed by atoms with E-state index in [0.29, 0.717) is 18.0 Å². The number of aryl methyl sites for hydroxylation is 1. The number of anilines is 1. The Labute approximate surface area is 136 Å². The molecule has 3 rings (SSSR count). The normalized spacial score (nSPS) is 10.9. The van der Waals surface area contributed by atoms with Crippen LogP contribution in [-0.2, 0) is 29.0 Å². The van der Waals surface area contributed by atoms with Crippen LogP contribution in [0.1, 0.15) is 16.8 Å². The molecule has 120 valence electrons. The first-order valence-electron chi connectivity index (χ1n) is 7.12. The molecule has 9 heteroatoms. The van der Waals surface area contributed by atoms with E-state index in [4.69, 9.17) is 0 Å². The monoisotopic (exact) mass is 332 g/mol. The summed E-state index contributed by atoms with van der Waals surface area (Å²) in [6, 6.07) is 0. The number of carbonyl (C=O) groups excluding carboxylic acids is 1. The van der Waals surface area contributed by atoms with Gasteiger partial charge in [-0.1, -0.05) is 6.92 Å². The van der Waals surface area contributed by atoms with E-state index in [9.17, 15) is 4.79 Å². The van der Waals surface area contributed by atoms with Crippen LogP contribution in [0, 0.1) is 0 Å². The van der Waals surface area contributed by atoms with Crippen molar-refractivity contribution in [3.8, 4) is 0 Å². The number of nitrogens with one attached hydrogen (secondary N) is 1. The number of methoxy groups -OCH3 is 1. The highest BCUT2D eigenvalue weighted by molar-refractivity contribution is 7.11. The fraction of sp³-hybridized carbons (Fsp3) is 0.357. The number of rotatable bonds is 6. The van der Waals surface area contributed by atoms with Gasteiger partial charge in [0.05, 0.1) is 25.2 Å². The van der Waals surface area contributed by atoms with Crippen molar-refractivity contribution in [3.63, 3.8) is 0 Å². The van der Waals surface area contributed by atoms with Crippen molar-refractivity contribution >= 4 is 34.2 Å². The SMILES string of the molecule is CCc1cnc(CNc2ncnc3c2cnn3CC(=O)OC)s1. The molecule has 3 aromatic rings. The van der Waals surface area contributed by atoms with E-state index in [1.807, 2.05) is 6.20 Å². The molecule has 23 heavy (non-hydrogen) atoms. The standard InChI is InChI=1S/C14H16N6O2S/c1-3-9-4-15-11(23-9)6-16-13-10-5-19-20(7-12(21)22-2)14(10)18-8-17-13/h4-5,8H,3,6-7H2,1-2H3,(H,16,17,18). The van der Waals surface area contributed by atoms with Gasteiger partial charge in [0, 0.05) is 11.1 Å². The second-order valence-electron chi connectivity index (χ2n) is 4.77. The molecule has 0 radical (unpaired) electrons. The van der Waals surface area contributed by atoms with E-state index in [0.717, 1.165) is 16.8 Å². The minimum atomic E-state index is -0.377. The first-order valence-corrected chi connectivity index (χ1v) is 7.93. The Balaban J connectivity index is 1.79. The number of ether oxygens (including phenoxy) is 1. The molecule has 0 spiro atoms. The quantitative estimate of drug-likeness (QED) is 0.685. The summed E-state index contributed by atoms with van der Waals surface area (Å²) >= 11 is 1.68. The van der Waals surface area contributed by atoms with Gasteiger partial charge in [0.15, 0.2) is 5.65 Å². The van der Waals surface area contributed by atoms with E-state index >= 15 is 0 Å². The molecule has 1 N–H and O–H groups in total. The molecular formula is C14H16N6O2S. The molecule has 0 bridgehead atoms. The third-order valence-corrected chi connectivity index (χ3v) is 4.44. The molecule has 0 aliphatic heterocycles. The molecule has 0 fully saturated rings. The lowest BCUT2D eigenvalue weighted by atomic mass is 10.4. The maximum atomic E-state index is 11.4. The summed E-state index contributed by atoms with van der Waals surface area (Å²) < 4.78 is 6.15. The number of carbonyl (C=O) groups is 1. The van der Waals surface area contributed by atoms with Crippen molar-refractivity contribution in [3.05, 3.63) is 28.6 Å². The molecule has 3 aromatic heterocycles. The highest BCUT2D eigenvalue weighted by atomic mass is 32.1. The van der Waals surface area contributed by atoms with Gasteiger partial charge in [-0.25, -0.2) is 19.6 Å². The Morgan fingerprint density at radius 2 is 2.22 bits per heavy atom. The Bertz CT molecular complexity index is 828. The second-order valence-corrected chi connectivity index (χ2v) is 5.97. The molecule has 3 heterocycles. The summed E-state index contributed by atoms with van der Waals surface area (Å²) in [4.78, 5) is 25.5. The average Bonchev–Trinajstić information content (AvgIpc) is 3.20. The number of esters is 1. The Morgan fingerprint density at radius 1 is 1.35 bits per heavy atom. The van der Waals surface area contributed by atoms with Crippen LogP contribution in [0.4, 0.5) is 5.82 Å². The van der Waals surface area contributed by atoms with E-state index in [1.165, 1.54) is 23.0 Å². The Hall–Kier alpha value is -2.55. The summed E-state index contributed by atoms with van der Waals surface area (Å²) in [5.41, 5.74) is 0.585. The molecule has 0 atom stereocenters. The minimum Gasteiger partial charge on any atom is -0.468 e. The van der Waals surface area contributed by atoms with Crippen LogP contribution in [0.5, 0.6) is 0 Å². The number of fused-ring (bicyclic) bond motifs is 1. The van der Waals surface area contributed by atoms with Crippen LogP contribution in [0.15, 0.2) is 18.7 Å². The topological polar surface area (TPSA) is 94.8 Å². The molecule has 8 nitrogen and oxygen atoms in total. The molecule has 0 aliphatic carbocycles. The van der Waals surface area contributed by atoms with Gasteiger partial charge in [-0.2, -0.15) is 5.10 Å². The van der Waals surface area contributed by atoms with E-state index < -0.39 is 0 Å². The zero-order valence-electron chi connectivity index (χ0n) is 12.8. The largest absolute Gasteiger partial charge is 0.468 e. The van der Waals surface area contributed by atoms with Crippen LogP contribution in [0.2, 0.25) is 0 Å².